The summed E-state index contributed by atoms with van der Waals surface area (Å²) >= 11 is 0. The molecule has 0 aliphatic carbocycles. The van der Waals surface area contributed by atoms with Crippen molar-refractivity contribution in [2.45, 2.75) is 33.4 Å². The zero-order valence-corrected chi connectivity index (χ0v) is 16.4. The van der Waals surface area contributed by atoms with Crippen molar-refractivity contribution in [1.29, 1.82) is 0 Å². The molecule has 0 spiro atoms. The number of aromatic amines is 1. The van der Waals surface area contributed by atoms with E-state index in [1.807, 2.05) is 29.8 Å². The lowest BCUT2D eigenvalue weighted by atomic mass is 10.2. The molecule has 1 N–H and O–H groups in total. The normalized spacial score (nSPS) is 13.6. The van der Waals surface area contributed by atoms with Crippen LogP contribution < -0.4 is 0 Å². The largest absolute Gasteiger partial charge is 0.342 e. The van der Waals surface area contributed by atoms with Crippen LogP contribution in [-0.4, -0.2) is 61.5 Å². The molecule has 2 aromatic heterocycles. The van der Waals surface area contributed by atoms with Gasteiger partial charge in [-0.1, -0.05) is 12.1 Å². The zero-order valence-electron chi connectivity index (χ0n) is 16.4. The van der Waals surface area contributed by atoms with Crippen molar-refractivity contribution >= 4 is 22.8 Å². The van der Waals surface area contributed by atoms with Crippen LogP contribution in [0.15, 0.2) is 24.3 Å². The first-order chi connectivity index (χ1) is 13.4. The van der Waals surface area contributed by atoms with Crippen LogP contribution in [0.4, 0.5) is 0 Å². The fourth-order valence-corrected chi connectivity index (χ4v) is 3.56. The van der Waals surface area contributed by atoms with E-state index in [0.29, 0.717) is 38.3 Å². The lowest BCUT2D eigenvalue weighted by Crippen LogP contribution is -2.36. The molecule has 3 heterocycles. The minimum atomic E-state index is -0.122. The summed E-state index contributed by atoms with van der Waals surface area (Å²) in [6, 6.07) is 7.84. The number of nitrogens with zero attached hydrogens (tertiary/aromatic N) is 5. The molecule has 0 bridgehead atoms. The summed E-state index contributed by atoms with van der Waals surface area (Å²) in [5.74, 6) is 0.785. The van der Waals surface area contributed by atoms with Gasteiger partial charge in [0.1, 0.15) is 5.82 Å². The number of amides is 2. The summed E-state index contributed by atoms with van der Waals surface area (Å²) in [5, 5.41) is 4.43. The van der Waals surface area contributed by atoms with Gasteiger partial charge in [0.25, 0.3) is 5.91 Å². The topological polar surface area (TPSA) is 87.1 Å². The molecule has 4 rings (SSSR count). The van der Waals surface area contributed by atoms with E-state index in [9.17, 15) is 9.59 Å². The molecular formula is C20H24N6O2. The van der Waals surface area contributed by atoms with E-state index in [1.165, 1.54) is 0 Å². The molecule has 1 aliphatic heterocycles. The summed E-state index contributed by atoms with van der Waals surface area (Å²) < 4.78 is 1.82. The molecule has 2 amide bonds. The van der Waals surface area contributed by atoms with Crippen LogP contribution in [0.25, 0.3) is 11.0 Å². The molecule has 3 aromatic rings. The Kier molecular flexibility index (Phi) is 4.62. The number of imidazole rings is 1. The predicted octanol–water partition coefficient (Wildman–Crippen LogP) is 1.74. The molecule has 1 aromatic carbocycles. The van der Waals surface area contributed by atoms with Gasteiger partial charge in [-0.15, -0.1) is 0 Å². The predicted molar refractivity (Wildman–Crippen MR) is 105 cm³/mol. The van der Waals surface area contributed by atoms with E-state index >= 15 is 0 Å². The Balaban J connectivity index is 1.42. The maximum absolute atomic E-state index is 12.8. The molecule has 0 saturated carbocycles. The van der Waals surface area contributed by atoms with Crippen molar-refractivity contribution < 1.29 is 9.59 Å². The molecular weight excluding hydrogens is 356 g/mol. The molecule has 1 aliphatic rings. The average Bonchev–Trinajstić information content (AvgIpc) is 3.29. The van der Waals surface area contributed by atoms with Gasteiger partial charge in [0.05, 0.1) is 29.8 Å². The van der Waals surface area contributed by atoms with Gasteiger partial charge in [0.2, 0.25) is 5.91 Å². The minimum Gasteiger partial charge on any atom is -0.342 e. The SMILES string of the molecule is CC(=O)N1CCn2nc(C(=O)N(C)CCc3nc4c(C)cccc4[nH]3)cc2C1. The van der Waals surface area contributed by atoms with Crippen LogP contribution >= 0.6 is 0 Å². The van der Waals surface area contributed by atoms with Crippen molar-refractivity contribution in [2.75, 3.05) is 20.1 Å². The van der Waals surface area contributed by atoms with Crippen molar-refractivity contribution in [2.24, 2.45) is 0 Å². The summed E-state index contributed by atoms with van der Waals surface area (Å²) in [4.78, 5) is 35.7. The van der Waals surface area contributed by atoms with Gasteiger partial charge in [0.15, 0.2) is 5.69 Å². The highest BCUT2D eigenvalue weighted by atomic mass is 16.2. The van der Waals surface area contributed by atoms with E-state index in [-0.39, 0.29) is 11.8 Å². The van der Waals surface area contributed by atoms with E-state index in [2.05, 4.69) is 15.1 Å². The molecule has 0 radical (unpaired) electrons. The lowest BCUT2D eigenvalue weighted by molar-refractivity contribution is -0.130. The van der Waals surface area contributed by atoms with Crippen molar-refractivity contribution in [3.63, 3.8) is 0 Å². The van der Waals surface area contributed by atoms with Gasteiger partial charge in [-0.25, -0.2) is 4.98 Å². The van der Waals surface area contributed by atoms with E-state index in [1.54, 1.807) is 29.8 Å². The first-order valence-corrected chi connectivity index (χ1v) is 9.44. The molecule has 0 unspecified atom stereocenters. The zero-order chi connectivity index (χ0) is 19.8. The summed E-state index contributed by atoms with van der Waals surface area (Å²) in [5.41, 5.74) is 4.44. The molecule has 0 fully saturated rings. The van der Waals surface area contributed by atoms with Gasteiger partial charge in [-0.05, 0) is 24.6 Å². The van der Waals surface area contributed by atoms with Gasteiger partial charge in [-0.3, -0.25) is 14.3 Å². The molecule has 0 saturated heterocycles. The smallest absolute Gasteiger partial charge is 0.274 e. The number of likely N-dealkylation sites (N-methyl/N-ethyl adjacent to an activating group) is 1. The number of hydrogen-bond acceptors (Lipinski definition) is 4. The Hall–Kier alpha value is -3.16. The number of benzene rings is 1. The third-order valence-corrected chi connectivity index (χ3v) is 5.26. The highest BCUT2D eigenvalue weighted by Gasteiger charge is 2.23. The Bertz CT molecular complexity index is 1050. The summed E-state index contributed by atoms with van der Waals surface area (Å²) in [7, 11) is 1.77. The third kappa shape index (κ3) is 3.37. The second kappa shape index (κ2) is 7.10. The number of fused-ring (bicyclic) bond motifs is 2. The number of H-pyrrole nitrogens is 1. The van der Waals surface area contributed by atoms with Crippen molar-refractivity contribution in [3.8, 4) is 0 Å². The highest BCUT2D eigenvalue weighted by Crippen LogP contribution is 2.17. The van der Waals surface area contributed by atoms with Crippen LogP contribution in [0.3, 0.4) is 0 Å². The standard InChI is InChI=1S/C20H24N6O2/c1-13-5-4-6-16-19(13)22-18(21-16)7-8-24(3)20(28)17-11-15-12-25(14(2)27)9-10-26(15)23-17/h4-6,11H,7-10,12H2,1-3H3,(H,21,22). The number of nitrogens with one attached hydrogen (secondary N) is 1. The van der Waals surface area contributed by atoms with Gasteiger partial charge < -0.3 is 14.8 Å². The quantitative estimate of drug-likeness (QED) is 0.747. The summed E-state index contributed by atoms with van der Waals surface area (Å²) in [6.07, 6.45) is 0.641. The average molecular weight is 380 g/mol. The van der Waals surface area contributed by atoms with E-state index < -0.39 is 0 Å². The van der Waals surface area contributed by atoms with Crippen LogP contribution in [-0.2, 0) is 24.3 Å². The van der Waals surface area contributed by atoms with Gasteiger partial charge in [-0.2, -0.15) is 5.10 Å². The number of aromatic nitrogens is 4. The number of rotatable bonds is 4. The number of carbonyl (C=O) groups excluding carboxylic acids is 2. The van der Waals surface area contributed by atoms with E-state index in [4.69, 9.17) is 0 Å². The molecule has 0 atom stereocenters. The Morgan fingerprint density at radius 2 is 2.11 bits per heavy atom. The Morgan fingerprint density at radius 3 is 2.86 bits per heavy atom. The Labute approximate surface area is 163 Å². The number of aryl methyl sites for hydroxylation is 1. The van der Waals surface area contributed by atoms with Crippen LogP contribution in [0, 0.1) is 6.92 Å². The van der Waals surface area contributed by atoms with Crippen LogP contribution in [0.2, 0.25) is 0 Å². The summed E-state index contributed by atoms with van der Waals surface area (Å²) in [6.45, 7) is 5.88. The maximum Gasteiger partial charge on any atom is 0.274 e. The molecule has 8 nitrogen and oxygen atoms in total. The fraction of sp³-hybridized carbons (Fsp3) is 0.400. The first kappa shape index (κ1) is 18.2. The second-order valence-electron chi connectivity index (χ2n) is 7.32. The van der Waals surface area contributed by atoms with Crippen LogP contribution in [0.1, 0.15) is 34.5 Å². The van der Waals surface area contributed by atoms with Crippen LogP contribution in [0.5, 0.6) is 0 Å². The molecule has 8 heteroatoms. The van der Waals surface area contributed by atoms with Gasteiger partial charge in [0, 0.05) is 33.5 Å². The maximum atomic E-state index is 12.8. The number of para-hydroxylation sites is 1. The fourth-order valence-electron chi connectivity index (χ4n) is 3.56. The second-order valence-corrected chi connectivity index (χ2v) is 7.32. The highest BCUT2D eigenvalue weighted by molar-refractivity contribution is 5.92. The molecule has 146 valence electrons. The van der Waals surface area contributed by atoms with E-state index in [0.717, 1.165) is 28.1 Å². The number of hydrogen-bond donors (Lipinski definition) is 1. The van der Waals surface area contributed by atoms with Gasteiger partial charge >= 0.3 is 0 Å². The van der Waals surface area contributed by atoms with Crippen molar-refractivity contribution in [1.82, 2.24) is 29.5 Å². The number of carbonyl (C=O) groups is 2. The van der Waals surface area contributed by atoms with Crippen molar-refractivity contribution in [3.05, 3.63) is 47.0 Å². The monoisotopic (exact) mass is 380 g/mol. The third-order valence-electron chi connectivity index (χ3n) is 5.26. The lowest BCUT2D eigenvalue weighted by Gasteiger charge is -2.26. The molecule has 28 heavy (non-hydrogen) atoms. The first-order valence-electron chi connectivity index (χ1n) is 9.44. The Morgan fingerprint density at radius 1 is 1.29 bits per heavy atom. The minimum absolute atomic E-state index is 0.0403.